The van der Waals surface area contributed by atoms with E-state index in [-0.39, 0.29) is 6.61 Å². The molecule has 0 unspecified atom stereocenters. The van der Waals surface area contributed by atoms with E-state index in [1.807, 2.05) is 43.3 Å². The van der Waals surface area contributed by atoms with Crippen LogP contribution < -0.4 is 4.74 Å². The van der Waals surface area contributed by atoms with Gasteiger partial charge in [-0.3, -0.25) is 0 Å². The Morgan fingerprint density at radius 3 is 2.47 bits per heavy atom. The van der Waals surface area contributed by atoms with Gasteiger partial charge in [-0.05, 0) is 18.1 Å². The summed E-state index contributed by atoms with van der Waals surface area (Å²) in [5.41, 5.74) is 3.28. The second-order valence-electron chi connectivity index (χ2n) is 3.89. The zero-order valence-corrected chi connectivity index (χ0v) is 9.89. The number of ether oxygens (including phenoxy) is 1. The molecular weight excluding hydrogens is 212 g/mol. The van der Waals surface area contributed by atoms with Crippen LogP contribution in [0.1, 0.15) is 5.56 Å². The smallest absolute Gasteiger partial charge is 0.130 e. The summed E-state index contributed by atoms with van der Waals surface area (Å²) in [6.07, 6.45) is 0. The van der Waals surface area contributed by atoms with Crippen molar-refractivity contribution in [1.82, 2.24) is 0 Å². The van der Waals surface area contributed by atoms with Crippen molar-refractivity contribution >= 4 is 0 Å². The van der Waals surface area contributed by atoms with Crippen LogP contribution in [0.5, 0.6) is 5.75 Å². The number of benzene rings is 2. The minimum atomic E-state index is 0.0303. The molecule has 2 aromatic rings. The Morgan fingerprint density at radius 1 is 1.00 bits per heavy atom. The van der Waals surface area contributed by atoms with E-state index in [4.69, 9.17) is 9.84 Å². The van der Waals surface area contributed by atoms with Gasteiger partial charge in [0.2, 0.25) is 0 Å². The minimum absolute atomic E-state index is 0.0303. The van der Waals surface area contributed by atoms with E-state index in [2.05, 4.69) is 12.1 Å². The average Bonchev–Trinajstić information content (AvgIpc) is 2.38. The summed E-state index contributed by atoms with van der Waals surface area (Å²) in [4.78, 5) is 0. The molecule has 0 bridgehead atoms. The van der Waals surface area contributed by atoms with Crippen LogP contribution in [0.15, 0.2) is 48.5 Å². The Balaban J connectivity index is 2.43. The molecule has 88 valence electrons. The van der Waals surface area contributed by atoms with E-state index in [0.717, 1.165) is 22.4 Å². The van der Waals surface area contributed by atoms with Crippen molar-refractivity contribution in [2.45, 2.75) is 6.92 Å². The van der Waals surface area contributed by atoms with E-state index in [0.29, 0.717) is 6.61 Å². The predicted octanol–water partition coefficient (Wildman–Crippen LogP) is 3.03. The fourth-order valence-electron chi connectivity index (χ4n) is 1.84. The second kappa shape index (κ2) is 5.51. The van der Waals surface area contributed by atoms with E-state index >= 15 is 0 Å². The largest absolute Gasteiger partial charge is 0.490 e. The third-order valence-corrected chi connectivity index (χ3v) is 2.63. The average molecular weight is 228 g/mol. The first-order valence-corrected chi connectivity index (χ1v) is 5.71. The van der Waals surface area contributed by atoms with Gasteiger partial charge in [-0.15, -0.1) is 0 Å². The number of hydrogen-bond donors (Lipinski definition) is 1. The summed E-state index contributed by atoms with van der Waals surface area (Å²) >= 11 is 0. The predicted molar refractivity (Wildman–Crippen MR) is 69.2 cm³/mol. The lowest BCUT2D eigenvalue weighted by molar-refractivity contribution is 0.201. The van der Waals surface area contributed by atoms with Gasteiger partial charge in [0.05, 0.1) is 6.61 Å². The first-order valence-electron chi connectivity index (χ1n) is 5.71. The third kappa shape index (κ3) is 2.66. The van der Waals surface area contributed by atoms with Crippen LogP contribution in [0.25, 0.3) is 11.1 Å². The van der Waals surface area contributed by atoms with Crippen LogP contribution in [0, 0.1) is 6.92 Å². The molecule has 0 aromatic heterocycles. The highest BCUT2D eigenvalue weighted by Gasteiger charge is 2.08. The van der Waals surface area contributed by atoms with Gasteiger partial charge in [0, 0.05) is 5.56 Å². The quantitative estimate of drug-likeness (QED) is 0.871. The maximum absolute atomic E-state index is 8.85. The molecule has 0 saturated heterocycles. The van der Waals surface area contributed by atoms with E-state index in [1.165, 1.54) is 0 Å². The first kappa shape index (κ1) is 11.7. The molecule has 0 heterocycles. The summed E-state index contributed by atoms with van der Waals surface area (Å²) in [5.74, 6) is 0.854. The second-order valence-corrected chi connectivity index (χ2v) is 3.89. The Hall–Kier alpha value is -1.80. The van der Waals surface area contributed by atoms with Gasteiger partial charge in [-0.2, -0.15) is 0 Å². The Bertz CT molecular complexity index is 478. The fourth-order valence-corrected chi connectivity index (χ4v) is 1.84. The van der Waals surface area contributed by atoms with Crippen molar-refractivity contribution in [1.29, 1.82) is 0 Å². The van der Waals surface area contributed by atoms with Crippen molar-refractivity contribution in [3.8, 4) is 16.9 Å². The van der Waals surface area contributed by atoms with Gasteiger partial charge in [0.25, 0.3) is 0 Å². The van der Waals surface area contributed by atoms with Crippen molar-refractivity contribution in [3.63, 3.8) is 0 Å². The fraction of sp³-hybridized carbons (Fsp3) is 0.200. The normalized spacial score (nSPS) is 10.2. The lowest BCUT2D eigenvalue weighted by atomic mass is 10.0. The minimum Gasteiger partial charge on any atom is -0.490 e. The summed E-state index contributed by atoms with van der Waals surface area (Å²) in [6.45, 7) is 2.37. The van der Waals surface area contributed by atoms with Crippen LogP contribution in [0.4, 0.5) is 0 Å². The van der Waals surface area contributed by atoms with Gasteiger partial charge < -0.3 is 9.84 Å². The summed E-state index contributed by atoms with van der Waals surface area (Å²) in [6, 6.07) is 16.2. The standard InChI is InChI=1S/C15H16O2/c1-12-6-5-9-14(15(12)17-11-10-16)13-7-3-2-4-8-13/h2-9,16H,10-11H2,1H3. The molecule has 0 amide bonds. The van der Waals surface area contributed by atoms with Crippen molar-refractivity contribution in [2.75, 3.05) is 13.2 Å². The van der Waals surface area contributed by atoms with E-state index in [9.17, 15) is 0 Å². The number of aryl methyl sites for hydroxylation is 1. The molecule has 0 aliphatic heterocycles. The lowest BCUT2D eigenvalue weighted by Gasteiger charge is -2.13. The molecule has 1 N–H and O–H groups in total. The van der Waals surface area contributed by atoms with Crippen molar-refractivity contribution in [3.05, 3.63) is 54.1 Å². The summed E-state index contributed by atoms with van der Waals surface area (Å²) in [5, 5.41) is 8.85. The summed E-state index contributed by atoms with van der Waals surface area (Å²) < 4.78 is 5.62. The van der Waals surface area contributed by atoms with Crippen molar-refractivity contribution < 1.29 is 9.84 Å². The molecule has 2 heteroatoms. The highest BCUT2D eigenvalue weighted by atomic mass is 16.5. The molecule has 17 heavy (non-hydrogen) atoms. The number of aliphatic hydroxyl groups excluding tert-OH is 1. The van der Waals surface area contributed by atoms with Crippen LogP contribution in [0.2, 0.25) is 0 Å². The molecule has 2 aromatic carbocycles. The van der Waals surface area contributed by atoms with Gasteiger partial charge in [0.1, 0.15) is 12.4 Å². The van der Waals surface area contributed by atoms with E-state index in [1.54, 1.807) is 0 Å². The summed E-state index contributed by atoms with van der Waals surface area (Å²) in [7, 11) is 0. The molecule has 0 spiro atoms. The highest BCUT2D eigenvalue weighted by molar-refractivity contribution is 5.71. The molecule has 2 nitrogen and oxygen atoms in total. The molecule has 0 fully saturated rings. The van der Waals surface area contributed by atoms with Gasteiger partial charge in [-0.25, -0.2) is 0 Å². The van der Waals surface area contributed by atoms with Crippen LogP contribution in [-0.2, 0) is 0 Å². The Kier molecular flexibility index (Phi) is 3.78. The van der Waals surface area contributed by atoms with Gasteiger partial charge >= 0.3 is 0 Å². The number of hydrogen-bond acceptors (Lipinski definition) is 2. The van der Waals surface area contributed by atoms with Crippen LogP contribution in [0.3, 0.4) is 0 Å². The maximum atomic E-state index is 8.85. The molecule has 0 aliphatic carbocycles. The van der Waals surface area contributed by atoms with Gasteiger partial charge in [0.15, 0.2) is 0 Å². The van der Waals surface area contributed by atoms with Crippen LogP contribution in [-0.4, -0.2) is 18.3 Å². The number of aliphatic hydroxyl groups is 1. The van der Waals surface area contributed by atoms with Crippen molar-refractivity contribution in [2.24, 2.45) is 0 Å². The molecule has 0 atom stereocenters. The Labute approximate surface area is 101 Å². The zero-order chi connectivity index (χ0) is 12.1. The molecule has 0 radical (unpaired) electrons. The highest BCUT2D eigenvalue weighted by Crippen LogP contribution is 2.32. The molecule has 0 aliphatic rings. The van der Waals surface area contributed by atoms with Gasteiger partial charge in [-0.1, -0.05) is 48.5 Å². The third-order valence-electron chi connectivity index (χ3n) is 2.63. The Morgan fingerprint density at radius 2 is 1.76 bits per heavy atom. The lowest BCUT2D eigenvalue weighted by Crippen LogP contribution is -2.04. The zero-order valence-electron chi connectivity index (χ0n) is 9.89. The molecule has 2 rings (SSSR count). The molecule has 0 saturated carbocycles. The maximum Gasteiger partial charge on any atom is 0.130 e. The SMILES string of the molecule is Cc1cccc(-c2ccccc2)c1OCCO. The number of rotatable bonds is 4. The number of para-hydroxylation sites is 1. The van der Waals surface area contributed by atoms with Crippen LogP contribution >= 0.6 is 0 Å². The topological polar surface area (TPSA) is 29.5 Å². The molecular formula is C15H16O2. The monoisotopic (exact) mass is 228 g/mol. The first-order chi connectivity index (χ1) is 8.33. The van der Waals surface area contributed by atoms with E-state index < -0.39 is 0 Å².